The summed E-state index contributed by atoms with van der Waals surface area (Å²) in [5.41, 5.74) is 7.25. The first kappa shape index (κ1) is 16.8. The maximum Gasteiger partial charge on any atom is 0.223 e. The Balaban J connectivity index is 1.45. The van der Waals surface area contributed by atoms with Gasteiger partial charge in [-0.05, 0) is 55.9 Å². The van der Waals surface area contributed by atoms with E-state index in [0.29, 0.717) is 5.92 Å². The molecule has 1 aliphatic heterocycles. The Bertz CT molecular complexity index is 534. The van der Waals surface area contributed by atoms with Gasteiger partial charge in [0.05, 0.1) is 0 Å². The number of anilines is 1. The van der Waals surface area contributed by atoms with Crippen molar-refractivity contribution in [3.8, 4) is 0 Å². The van der Waals surface area contributed by atoms with Crippen molar-refractivity contribution in [3.63, 3.8) is 0 Å². The van der Waals surface area contributed by atoms with Gasteiger partial charge in [-0.2, -0.15) is 0 Å². The maximum atomic E-state index is 12.3. The van der Waals surface area contributed by atoms with Crippen LogP contribution in [0.1, 0.15) is 32.1 Å². The lowest BCUT2D eigenvalue weighted by Crippen LogP contribution is -2.39. The van der Waals surface area contributed by atoms with Gasteiger partial charge in [0.1, 0.15) is 0 Å². The lowest BCUT2D eigenvalue weighted by atomic mass is 9.85. The summed E-state index contributed by atoms with van der Waals surface area (Å²) in [5.74, 6) is 0.879. The van der Waals surface area contributed by atoms with E-state index in [1.54, 1.807) is 0 Å². The monoisotopic (exact) mass is 379 g/mol. The number of carbonyl (C=O) groups excluding carboxylic acids is 1. The molecule has 0 radical (unpaired) electrons. The van der Waals surface area contributed by atoms with Gasteiger partial charge in [-0.15, -0.1) is 0 Å². The summed E-state index contributed by atoms with van der Waals surface area (Å²) >= 11 is 3.47. The van der Waals surface area contributed by atoms with Crippen molar-refractivity contribution < 1.29 is 4.79 Å². The molecule has 2 aliphatic rings. The van der Waals surface area contributed by atoms with E-state index >= 15 is 0 Å². The van der Waals surface area contributed by atoms with Crippen LogP contribution in [0.25, 0.3) is 0 Å². The number of nitrogens with two attached hydrogens (primary N) is 1. The fourth-order valence-corrected chi connectivity index (χ4v) is 4.01. The number of halogens is 1. The number of hydrogen-bond acceptors (Lipinski definition) is 3. The first-order chi connectivity index (χ1) is 11.1. The molecule has 3 unspecified atom stereocenters. The Kier molecular flexibility index (Phi) is 5.59. The normalized spacial score (nSPS) is 27.9. The van der Waals surface area contributed by atoms with Gasteiger partial charge >= 0.3 is 0 Å². The number of hydrogen-bond donors (Lipinski definition) is 2. The molecule has 126 valence electrons. The molecule has 2 fully saturated rings. The lowest BCUT2D eigenvalue weighted by molar-refractivity contribution is -0.126. The average molecular weight is 380 g/mol. The molecule has 0 aromatic heterocycles. The topological polar surface area (TPSA) is 58.4 Å². The van der Waals surface area contributed by atoms with Crippen LogP contribution in [0, 0.1) is 11.8 Å². The number of benzene rings is 1. The minimum atomic E-state index is 0.128. The Morgan fingerprint density at radius 3 is 2.78 bits per heavy atom. The van der Waals surface area contributed by atoms with E-state index in [1.807, 2.05) is 0 Å². The molecule has 0 spiro atoms. The Labute approximate surface area is 146 Å². The molecule has 3 N–H and O–H groups in total. The number of carbonyl (C=O) groups is 1. The number of amides is 1. The van der Waals surface area contributed by atoms with Crippen LogP contribution in [0.15, 0.2) is 28.7 Å². The zero-order valence-corrected chi connectivity index (χ0v) is 15.1. The van der Waals surface area contributed by atoms with Gasteiger partial charge < -0.3 is 16.0 Å². The van der Waals surface area contributed by atoms with Gasteiger partial charge in [0.2, 0.25) is 5.91 Å². The standard InChI is InChI=1S/C18H26BrN3O/c19-15-4-6-17(7-5-15)22-9-8-13(12-22)11-21-18(23)14-2-1-3-16(20)10-14/h4-7,13-14,16H,1-3,8-12,20H2,(H,21,23). The highest BCUT2D eigenvalue weighted by atomic mass is 79.9. The summed E-state index contributed by atoms with van der Waals surface area (Å²) in [6.45, 7) is 2.88. The highest BCUT2D eigenvalue weighted by molar-refractivity contribution is 9.10. The second-order valence-corrected chi connectivity index (χ2v) is 7.86. The largest absolute Gasteiger partial charge is 0.371 e. The van der Waals surface area contributed by atoms with E-state index in [2.05, 4.69) is 50.4 Å². The number of nitrogens with zero attached hydrogens (tertiary/aromatic N) is 1. The van der Waals surface area contributed by atoms with Crippen LogP contribution in [0.3, 0.4) is 0 Å². The van der Waals surface area contributed by atoms with Crippen LogP contribution in [0.5, 0.6) is 0 Å². The summed E-state index contributed by atoms with van der Waals surface area (Å²) in [4.78, 5) is 14.7. The fourth-order valence-electron chi connectivity index (χ4n) is 3.74. The van der Waals surface area contributed by atoms with Gasteiger partial charge in [0.15, 0.2) is 0 Å². The van der Waals surface area contributed by atoms with Crippen LogP contribution in [0.2, 0.25) is 0 Å². The molecule has 5 heteroatoms. The highest BCUT2D eigenvalue weighted by Gasteiger charge is 2.27. The van der Waals surface area contributed by atoms with E-state index in [-0.39, 0.29) is 17.9 Å². The molecule has 23 heavy (non-hydrogen) atoms. The summed E-state index contributed by atoms with van der Waals surface area (Å²) in [6.07, 6.45) is 5.13. The van der Waals surface area contributed by atoms with Gasteiger partial charge in [-0.1, -0.05) is 22.4 Å². The third kappa shape index (κ3) is 4.48. The Morgan fingerprint density at radius 1 is 1.26 bits per heavy atom. The highest BCUT2D eigenvalue weighted by Crippen LogP contribution is 2.26. The molecule has 1 amide bonds. The molecule has 1 saturated heterocycles. The Morgan fingerprint density at radius 2 is 2.04 bits per heavy atom. The molecule has 3 atom stereocenters. The van der Waals surface area contributed by atoms with Crippen molar-refractivity contribution in [2.75, 3.05) is 24.5 Å². The van der Waals surface area contributed by atoms with E-state index in [1.165, 1.54) is 5.69 Å². The average Bonchev–Trinajstić information content (AvgIpc) is 3.02. The van der Waals surface area contributed by atoms with Crippen molar-refractivity contribution >= 4 is 27.5 Å². The van der Waals surface area contributed by atoms with Crippen LogP contribution < -0.4 is 16.0 Å². The molecule has 0 bridgehead atoms. The van der Waals surface area contributed by atoms with E-state index < -0.39 is 0 Å². The van der Waals surface area contributed by atoms with Gasteiger partial charge in [-0.3, -0.25) is 4.79 Å². The Hall–Kier alpha value is -1.07. The number of rotatable bonds is 4. The summed E-state index contributed by atoms with van der Waals surface area (Å²) in [5, 5.41) is 3.17. The van der Waals surface area contributed by atoms with Crippen molar-refractivity contribution in [1.82, 2.24) is 5.32 Å². The summed E-state index contributed by atoms with van der Waals surface area (Å²) in [6, 6.07) is 8.66. The fraction of sp³-hybridized carbons (Fsp3) is 0.611. The van der Waals surface area contributed by atoms with Gasteiger partial charge in [-0.25, -0.2) is 0 Å². The van der Waals surface area contributed by atoms with Crippen LogP contribution >= 0.6 is 15.9 Å². The predicted octanol–water partition coefficient (Wildman–Crippen LogP) is 2.91. The minimum absolute atomic E-state index is 0.128. The van der Waals surface area contributed by atoms with Crippen LogP contribution in [-0.2, 0) is 4.79 Å². The second-order valence-electron chi connectivity index (χ2n) is 6.95. The van der Waals surface area contributed by atoms with E-state index in [0.717, 1.165) is 56.2 Å². The van der Waals surface area contributed by atoms with Crippen molar-refractivity contribution in [1.29, 1.82) is 0 Å². The first-order valence-electron chi connectivity index (χ1n) is 8.65. The van der Waals surface area contributed by atoms with E-state index in [9.17, 15) is 4.79 Å². The van der Waals surface area contributed by atoms with Gasteiger partial charge in [0, 0.05) is 41.8 Å². The quantitative estimate of drug-likeness (QED) is 0.845. The van der Waals surface area contributed by atoms with E-state index in [4.69, 9.17) is 5.73 Å². The third-order valence-electron chi connectivity index (χ3n) is 5.13. The molecule has 1 aromatic carbocycles. The first-order valence-corrected chi connectivity index (χ1v) is 9.45. The maximum absolute atomic E-state index is 12.3. The molecular weight excluding hydrogens is 354 g/mol. The van der Waals surface area contributed by atoms with Crippen LogP contribution in [0.4, 0.5) is 5.69 Å². The minimum Gasteiger partial charge on any atom is -0.371 e. The predicted molar refractivity (Wildman–Crippen MR) is 97.4 cm³/mol. The van der Waals surface area contributed by atoms with Crippen molar-refractivity contribution in [2.24, 2.45) is 17.6 Å². The molecule has 1 aliphatic carbocycles. The van der Waals surface area contributed by atoms with Crippen molar-refractivity contribution in [2.45, 2.75) is 38.1 Å². The van der Waals surface area contributed by atoms with Crippen molar-refractivity contribution in [3.05, 3.63) is 28.7 Å². The van der Waals surface area contributed by atoms with Crippen LogP contribution in [-0.4, -0.2) is 31.6 Å². The lowest BCUT2D eigenvalue weighted by Gasteiger charge is -2.26. The smallest absolute Gasteiger partial charge is 0.223 e. The summed E-state index contributed by atoms with van der Waals surface area (Å²) in [7, 11) is 0. The second kappa shape index (κ2) is 7.67. The molecule has 1 heterocycles. The zero-order valence-electron chi connectivity index (χ0n) is 13.5. The summed E-state index contributed by atoms with van der Waals surface area (Å²) < 4.78 is 1.11. The number of nitrogens with one attached hydrogen (secondary N) is 1. The third-order valence-corrected chi connectivity index (χ3v) is 5.66. The molecular formula is C18H26BrN3O. The molecule has 4 nitrogen and oxygen atoms in total. The molecule has 3 rings (SSSR count). The molecule has 1 saturated carbocycles. The SMILES string of the molecule is NC1CCCC(C(=O)NCC2CCN(c3ccc(Br)cc3)C2)C1. The zero-order chi connectivity index (χ0) is 16.2. The van der Waals surface area contributed by atoms with Gasteiger partial charge in [0.25, 0.3) is 0 Å². The molecule has 1 aromatic rings.